The summed E-state index contributed by atoms with van der Waals surface area (Å²) in [5.41, 5.74) is 8.09. The molecule has 0 aliphatic carbocycles. The van der Waals surface area contributed by atoms with Gasteiger partial charge >= 0.3 is 0 Å². The highest BCUT2D eigenvalue weighted by Gasteiger charge is 2.09. The molecule has 1 aromatic rings. The summed E-state index contributed by atoms with van der Waals surface area (Å²) >= 11 is 11.8. The van der Waals surface area contributed by atoms with E-state index < -0.39 is 0 Å². The Morgan fingerprint density at radius 1 is 1.31 bits per heavy atom. The molecule has 0 saturated carbocycles. The monoisotopic (exact) mass is 217 g/mol. The van der Waals surface area contributed by atoms with Crippen LogP contribution in [-0.4, -0.2) is 0 Å². The van der Waals surface area contributed by atoms with Gasteiger partial charge in [-0.25, -0.2) is 0 Å². The Balaban J connectivity index is 3.15. The van der Waals surface area contributed by atoms with Crippen LogP contribution in [0.3, 0.4) is 0 Å². The van der Waals surface area contributed by atoms with Crippen molar-refractivity contribution in [2.45, 2.75) is 26.3 Å². The molecule has 3 heteroatoms. The molecule has 0 fully saturated rings. The lowest BCUT2D eigenvalue weighted by atomic mass is 10.0. The van der Waals surface area contributed by atoms with E-state index in [0.717, 1.165) is 17.5 Å². The Labute approximate surface area is 88.8 Å². The fourth-order valence-corrected chi connectivity index (χ4v) is 1.67. The SMILES string of the molecule is CC[C@H](N)c1cc(Cl)c(Cl)cc1C. The maximum absolute atomic E-state index is 5.91. The lowest BCUT2D eigenvalue weighted by molar-refractivity contribution is 0.694. The van der Waals surface area contributed by atoms with Gasteiger partial charge in [0, 0.05) is 6.04 Å². The molecular formula is C10H13Cl2N. The molecule has 13 heavy (non-hydrogen) atoms. The van der Waals surface area contributed by atoms with Gasteiger partial charge in [-0.2, -0.15) is 0 Å². The fourth-order valence-electron chi connectivity index (χ4n) is 1.28. The summed E-state index contributed by atoms with van der Waals surface area (Å²) in [5.74, 6) is 0. The molecule has 0 bridgehead atoms. The first-order valence-corrected chi connectivity index (χ1v) is 5.03. The zero-order valence-corrected chi connectivity index (χ0v) is 9.28. The number of nitrogens with two attached hydrogens (primary N) is 1. The first kappa shape index (κ1) is 10.8. The van der Waals surface area contributed by atoms with E-state index in [1.54, 1.807) is 0 Å². The smallest absolute Gasteiger partial charge is 0.0595 e. The van der Waals surface area contributed by atoms with E-state index in [4.69, 9.17) is 28.9 Å². The number of rotatable bonds is 2. The Hall–Kier alpha value is -0.240. The average molecular weight is 218 g/mol. The van der Waals surface area contributed by atoms with Crippen LogP contribution in [0.15, 0.2) is 12.1 Å². The van der Waals surface area contributed by atoms with Crippen LogP contribution in [0.2, 0.25) is 10.0 Å². The summed E-state index contributed by atoms with van der Waals surface area (Å²) in [6.07, 6.45) is 0.902. The number of hydrogen-bond donors (Lipinski definition) is 1. The molecule has 0 amide bonds. The lowest BCUT2D eigenvalue weighted by Crippen LogP contribution is -2.10. The molecule has 2 N–H and O–H groups in total. The van der Waals surface area contributed by atoms with Gasteiger partial charge in [-0.05, 0) is 36.6 Å². The zero-order valence-electron chi connectivity index (χ0n) is 7.77. The van der Waals surface area contributed by atoms with Crippen LogP contribution >= 0.6 is 23.2 Å². The molecule has 1 rings (SSSR count). The molecule has 1 atom stereocenters. The zero-order chi connectivity index (χ0) is 10.0. The van der Waals surface area contributed by atoms with Gasteiger partial charge in [-0.3, -0.25) is 0 Å². The van der Waals surface area contributed by atoms with Crippen LogP contribution in [0, 0.1) is 6.92 Å². The van der Waals surface area contributed by atoms with Gasteiger partial charge in [0.05, 0.1) is 10.0 Å². The summed E-state index contributed by atoms with van der Waals surface area (Å²) in [7, 11) is 0. The molecule has 0 aliphatic heterocycles. The van der Waals surface area contributed by atoms with Crippen LogP contribution < -0.4 is 5.73 Å². The second-order valence-electron chi connectivity index (χ2n) is 3.14. The predicted molar refractivity (Wildman–Crippen MR) is 58.4 cm³/mol. The molecule has 0 unspecified atom stereocenters. The summed E-state index contributed by atoms with van der Waals surface area (Å²) in [5, 5.41) is 1.16. The van der Waals surface area contributed by atoms with Gasteiger partial charge in [-0.1, -0.05) is 30.1 Å². The molecule has 0 spiro atoms. The predicted octanol–water partition coefficient (Wildman–Crippen LogP) is 3.71. The van der Waals surface area contributed by atoms with Crippen LogP contribution in [0.1, 0.15) is 30.5 Å². The van der Waals surface area contributed by atoms with E-state index in [-0.39, 0.29) is 6.04 Å². The molecule has 1 aromatic carbocycles. The number of hydrogen-bond acceptors (Lipinski definition) is 1. The van der Waals surface area contributed by atoms with E-state index in [9.17, 15) is 0 Å². The molecule has 0 aliphatic rings. The van der Waals surface area contributed by atoms with E-state index in [0.29, 0.717) is 10.0 Å². The minimum absolute atomic E-state index is 0.0507. The van der Waals surface area contributed by atoms with Gasteiger partial charge in [0.25, 0.3) is 0 Å². The van der Waals surface area contributed by atoms with Gasteiger partial charge in [-0.15, -0.1) is 0 Å². The lowest BCUT2D eigenvalue weighted by Gasteiger charge is -2.13. The van der Waals surface area contributed by atoms with Gasteiger partial charge < -0.3 is 5.73 Å². The van der Waals surface area contributed by atoms with E-state index in [1.165, 1.54) is 0 Å². The van der Waals surface area contributed by atoms with Crippen molar-refractivity contribution in [3.05, 3.63) is 33.3 Å². The van der Waals surface area contributed by atoms with Crippen molar-refractivity contribution in [1.82, 2.24) is 0 Å². The Morgan fingerprint density at radius 3 is 2.38 bits per heavy atom. The summed E-state index contributed by atoms with van der Waals surface area (Å²) in [6.45, 7) is 4.04. The summed E-state index contributed by atoms with van der Waals surface area (Å²) in [4.78, 5) is 0. The molecule has 0 heterocycles. The third-order valence-electron chi connectivity index (χ3n) is 2.15. The normalized spacial score (nSPS) is 13.0. The number of aryl methyl sites for hydroxylation is 1. The van der Waals surface area contributed by atoms with Crippen LogP contribution in [0.25, 0.3) is 0 Å². The van der Waals surface area contributed by atoms with Crippen molar-refractivity contribution in [3.63, 3.8) is 0 Å². The van der Waals surface area contributed by atoms with Crippen molar-refractivity contribution in [2.75, 3.05) is 0 Å². The highest BCUT2D eigenvalue weighted by Crippen LogP contribution is 2.28. The topological polar surface area (TPSA) is 26.0 Å². The van der Waals surface area contributed by atoms with Crippen molar-refractivity contribution in [3.8, 4) is 0 Å². The second-order valence-corrected chi connectivity index (χ2v) is 3.95. The first-order chi connectivity index (χ1) is 6.06. The fraction of sp³-hybridized carbons (Fsp3) is 0.400. The third kappa shape index (κ3) is 2.37. The highest BCUT2D eigenvalue weighted by atomic mass is 35.5. The third-order valence-corrected chi connectivity index (χ3v) is 2.87. The van der Waals surface area contributed by atoms with E-state index >= 15 is 0 Å². The molecular weight excluding hydrogens is 205 g/mol. The average Bonchev–Trinajstić information content (AvgIpc) is 2.10. The van der Waals surface area contributed by atoms with Gasteiger partial charge in [0.15, 0.2) is 0 Å². The minimum Gasteiger partial charge on any atom is -0.324 e. The van der Waals surface area contributed by atoms with E-state index in [1.807, 2.05) is 26.0 Å². The molecule has 1 nitrogen and oxygen atoms in total. The van der Waals surface area contributed by atoms with Crippen molar-refractivity contribution < 1.29 is 0 Å². The maximum Gasteiger partial charge on any atom is 0.0595 e. The van der Waals surface area contributed by atoms with Crippen molar-refractivity contribution >= 4 is 23.2 Å². The van der Waals surface area contributed by atoms with Crippen molar-refractivity contribution in [2.24, 2.45) is 5.73 Å². The standard InChI is InChI=1S/C10H13Cl2N/c1-3-10(13)7-5-9(12)8(11)4-6(7)2/h4-5,10H,3,13H2,1-2H3/t10-/m0/s1. The largest absolute Gasteiger partial charge is 0.324 e. The Morgan fingerprint density at radius 2 is 1.85 bits per heavy atom. The second kappa shape index (κ2) is 4.32. The van der Waals surface area contributed by atoms with Crippen LogP contribution in [-0.2, 0) is 0 Å². The number of benzene rings is 1. The molecule has 0 aromatic heterocycles. The highest BCUT2D eigenvalue weighted by molar-refractivity contribution is 6.42. The molecule has 0 saturated heterocycles. The summed E-state index contributed by atoms with van der Waals surface area (Å²) < 4.78 is 0. The maximum atomic E-state index is 5.91. The summed E-state index contributed by atoms with van der Waals surface area (Å²) in [6, 6.07) is 3.76. The molecule has 0 radical (unpaired) electrons. The van der Waals surface area contributed by atoms with E-state index in [2.05, 4.69) is 0 Å². The van der Waals surface area contributed by atoms with Crippen LogP contribution in [0.4, 0.5) is 0 Å². The Kier molecular flexibility index (Phi) is 3.60. The molecule has 72 valence electrons. The minimum atomic E-state index is 0.0507. The first-order valence-electron chi connectivity index (χ1n) is 4.27. The quantitative estimate of drug-likeness (QED) is 0.804. The van der Waals surface area contributed by atoms with Crippen molar-refractivity contribution in [1.29, 1.82) is 0 Å². The van der Waals surface area contributed by atoms with Gasteiger partial charge in [0.2, 0.25) is 0 Å². The van der Waals surface area contributed by atoms with Gasteiger partial charge in [0.1, 0.15) is 0 Å². The Bertz CT molecular complexity index is 310. The number of halogens is 2. The van der Waals surface area contributed by atoms with Crippen LogP contribution in [0.5, 0.6) is 0 Å².